The molecule has 6 N–H and O–H groups in total. The molecule has 0 heterocycles. The fourth-order valence-electron chi connectivity index (χ4n) is 0. The molecule has 0 amide bonds. The van der Waals surface area contributed by atoms with E-state index in [4.69, 9.17) is 45.0 Å². The molecule has 9 nitrogen and oxygen atoms in total. The van der Waals surface area contributed by atoms with Crippen LogP contribution in [0.3, 0.4) is 0 Å². The van der Waals surface area contributed by atoms with E-state index < -0.39 is 18.5 Å². The van der Waals surface area contributed by atoms with Gasteiger partial charge in [0.15, 0.2) is 0 Å². The van der Waals surface area contributed by atoms with E-state index in [1.807, 2.05) is 0 Å². The van der Waals surface area contributed by atoms with E-state index in [-0.39, 0.29) is 76.3 Å². The fraction of sp³-hybridized carbons (Fsp3) is 0. The largest absolute Gasteiger partial charge is 0.503 e. The molecule has 92 valence electrons. The van der Waals surface area contributed by atoms with Gasteiger partial charge in [0.05, 0.1) is 0 Å². The van der Waals surface area contributed by atoms with Gasteiger partial charge in [0.2, 0.25) is 0 Å². The van der Waals surface area contributed by atoms with Gasteiger partial charge >= 0.3 is 18.5 Å². The van der Waals surface area contributed by atoms with Crippen LogP contribution in [-0.4, -0.2) is 49.1 Å². The van der Waals surface area contributed by atoms with Gasteiger partial charge in [-0.3, -0.25) is 0 Å². The van der Waals surface area contributed by atoms with Crippen molar-refractivity contribution in [2.75, 3.05) is 0 Å². The molecule has 0 aromatic heterocycles. The van der Waals surface area contributed by atoms with Gasteiger partial charge in [-0.1, -0.05) is 0 Å². The molecule has 0 aliphatic rings. The standard InChI is InChI=1S/3CH2O3.2Dy/c3*2-1(3)4;;/h3*(H2,2,3,4);;. The van der Waals surface area contributed by atoms with Crippen LogP contribution in [0, 0.1) is 76.3 Å². The predicted octanol–water partition coefficient (Wildman–Crippen LogP) is 0.667. The van der Waals surface area contributed by atoms with Crippen molar-refractivity contribution < 1.29 is 121 Å². The molecular formula is C3H6Dy2O9. The van der Waals surface area contributed by atoms with Crippen molar-refractivity contribution in [3.63, 3.8) is 0 Å². The van der Waals surface area contributed by atoms with Gasteiger partial charge in [-0.25, -0.2) is 14.4 Å². The summed E-state index contributed by atoms with van der Waals surface area (Å²) >= 11 is 0. The summed E-state index contributed by atoms with van der Waals surface area (Å²) in [6, 6.07) is 0. The zero-order valence-electron chi connectivity index (χ0n) is 6.04. The summed E-state index contributed by atoms with van der Waals surface area (Å²) in [5.74, 6) is 0. The molecule has 0 rings (SSSR count). The Hall–Kier alpha value is 0.355. The van der Waals surface area contributed by atoms with Crippen molar-refractivity contribution in [1.29, 1.82) is 0 Å². The number of hydrogen-bond acceptors (Lipinski definition) is 3. The first kappa shape index (κ1) is 29.3. The first-order chi connectivity index (χ1) is 5.20. The number of hydrogen-bond donors (Lipinski definition) is 6. The van der Waals surface area contributed by atoms with Crippen LogP contribution in [0.25, 0.3) is 0 Å². The van der Waals surface area contributed by atoms with Crippen molar-refractivity contribution in [3.05, 3.63) is 0 Å². The van der Waals surface area contributed by atoms with Crippen LogP contribution >= 0.6 is 0 Å². The molecule has 14 heavy (non-hydrogen) atoms. The molecule has 0 saturated carbocycles. The maximum Gasteiger partial charge on any atom is 0.503 e. The van der Waals surface area contributed by atoms with Crippen LogP contribution in [0.4, 0.5) is 14.4 Å². The van der Waals surface area contributed by atoms with E-state index in [1.165, 1.54) is 0 Å². The van der Waals surface area contributed by atoms with E-state index in [1.54, 1.807) is 0 Å². The number of carbonyl (C=O) groups is 3. The summed E-state index contributed by atoms with van der Waals surface area (Å²) in [6.07, 6.45) is -5.50. The Kier molecular flexibility index (Phi) is 48.7. The molecule has 0 aromatic rings. The van der Waals surface area contributed by atoms with E-state index in [0.717, 1.165) is 0 Å². The third kappa shape index (κ3) is 12600. The first-order valence-corrected chi connectivity index (χ1v) is 1.95. The molecular weight excluding hydrogens is 505 g/mol. The monoisotopic (exact) mass is 514 g/mol. The van der Waals surface area contributed by atoms with Gasteiger partial charge in [0.25, 0.3) is 0 Å². The molecule has 11 heteroatoms. The zero-order valence-corrected chi connectivity index (χ0v) is 10.1. The van der Waals surface area contributed by atoms with E-state index in [9.17, 15) is 0 Å². The topological polar surface area (TPSA) is 173 Å². The van der Waals surface area contributed by atoms with Crippen molar-refractivity contribution in [2.45, 2.75) is 0 Å². The summed E-state index contributed by atoms with van der Waals surface area (Å²) in [5.41, 5.74) is 0. The Balaban J connectivity index is -0.0000000270. The summed E-state index contributed by atoms with van der Waals surface area (Å²) in [6.45, 7) is 0. The Morgan fingerprint density at radius 2 is 0.500 bits per heavy atom. The molecule has 0 spiro atoms. The molecule has 0 saturated heterocycles. The van der Waals surface area contributed by atoms with Crippen LogP contribution in [0.15, 0.2) is 0 Å². The van der Waals surface area contributed by atoms with Gasteiger partial charge in [0.1, 0.15) is 0 Å². The molecule has 0 aromatic carbocycles. The summed E-state index contributed by atoms with van der Waals surface area (Å²) < 4.78 is 0. The summed E-state index contributed by atoms with van der Waals surface area (Å²) in [4.78, 5) is 25.7. The van der Waals surface area contributed by atoms with E-state index in [2.05, 4.69) is 0 Å². The third-order valence-electron chi connectivity index (χ3n) is 0. The van der Waals surface area contributed by atoms with Gasteiger partial charge in [-0.15, -0.1) is 0 Å². The second kappa shape index (κ2) is 23.3. The van der Waals surface area contributed by atoms with Crippen molar-refractivity contribution in [2.24, 2.45) is 0 Å². The minimum Gasteiger partial charge on any atom is -0.450 e. The fourth-order valence-corrected chi connectivity index (χ4v) is 0. The van der Waals surface area contributed by atoms with Gasteiger partial charge < -0.3 is 30.6 Å². The van der Waals surface area contributed by atoms with Gasteiger partial charge in [-0.2, -0.15) is 0 Å². The van der Waals surface area contributed by atoms with Crippen molar-refractivity contribution >= 4 is 18.5 Å². The Morgan fingerprint density at radius 3 is 0.500 bits per heavy atom. The normalized spacial score (nSPS) is 5.14. The van der Waals surface area contributed by atoms with Crippen LogP contribution in [0.5, 0.6) is 0 Å². The van der Waals surface area contributed by atoms with Crippen molar-refractivity contribution in [1.82, 2.24) is 0 Å². The molecule has 0 radical (unpaired) electrons. The average molecular weight is 511 g/mol. The summed E-state index contributed by atoms with van der Waals surface area (Å²) in [7, 11) is 0. The van der Waals surface area contributed by atoms with Crippen LogP contribution in [0.2, 0.25) is 0 Å². The van der Waals surface area contributed by atoms with Gasteiger partial charge in [-0.05, 0) is 0 Å². The molecule has 0 unspecified atom stereocenters. The van der Waals surface area contributed by atoms with E-state index >= 15 is 0 Å². The maximum absolute atomic E-state index is 8.56. The average Bonchev–Trinajstić information content (AvgIpc) is 1.54. The third-order valence-corrected chi connectivity index (χ3v) is 0. The van der Waals surface area contributed by atoms with Crippen LogP contribution in [-0.2, 0) is 0 Å². The molecule has 0 aliphatic heterocycles. The van der Waals surface area contributed by atoms with Crippen LogP contribution in [0.1, 0.15) is 0 Å². The molecule has 0 bridgehead atoms. The maximum atomic E-state index is 8.56. The SMILES string of the molecule is O=C(O)O.O=C(O)O.O=C(O)O.[Dy].[Dy]. The predicted molar refractivity (Wildman–Crippen MR) is 32.0 cm³/mol. The molecule has 0 aliphatic carbocycles. The number of rotatable bonds is 0. The van der Waals surface area contributed by atoms with Crippen LogP contribution < -0.4 is 0 Å². The second-order valence-electron chi connectivity index (χ2n) is 0.848. The Morgan fingerprint density at radius 1 is 0.500 bits per heavy atom. The second-order valence-corrected chi connectivity index (χ2v) is 0.848. The molecule has 0 fully saturated rings. The van der Waals surface area contributed by atoms with Crippen molar-refractivity contribution in [3.8, 4) is 0 Å². The molecule has 0 atom stereocenters. The summed E-state index contributed by atoms with van der Waals surface area (Å²) in [5, 5.41) is 41.8. The smallest absolute Gasteiger partial charge is 0.450 e. The zero-order chi connectivity index (χ0) is 10.7. The number of carboxylic acid groups (broad SMARTS) is 6. The minimum atomic E-state index is -1.83. The van der Waals surface area contributed by atoms with Gasteiger partial charge in [0, 0.05) is 76.3 Å². The minimum absolute atomic E-state index is 0. The van der Waals surface area contributed by atoms with E-state index in [0.29, 0.717) is 0 Å². The first-order valence-electron chi connectivity index (χ1n) is 1.95. The quantitative estimate of drug-likeness (QED) is 0.273. The Labute approximate surface area is 138 Å². The Bertz CT molecular complexity index is 116.